The van der Waals surface area contributed by atoms with Gasteiger partial charge in [-0.05, 0) is 37.2 Å². The Hall–Kier alpha value is -2.21. The van der Waals surface area contributed by atoms with E-state index in [1.807, 2.05) is 0 Å². The first-order valence-corrected chi connectivity index (χ1v) is 6.78. The van der Waals surface area contributed by atoms with E-state index in [2.05, 4.69) is 5.32 Å². The van der Waals surface area contributed by atoms with Crippen molar-refractivity contribution < 1.29 is 19.5 Å². The topological polar surface area (TPSA) is 86.7 Å². The smallest absolute Gasteiger partial charge is 0.305 e. The average Bonchev–Trinajstić information content (AvgIpc) is 2.86. The van der Waals surface area contributed by atoms with Crippen molar-refractivity contribution >= 4 is 23.3 Å². The number of likely N-dealkylation sites (N-methyl/N-ethyl adjacent to an activating group) is 1. The summed E-state index contributed by atoms with van der Waals surface area (Å²) in [7, 11) is 1.57. The van der Waals surface area contributed by atoms with Crippen molar-refractivity contribution in [3.8, 4) is 0 Å². The van der Waals surface area contributed by atoms with E-state index < -0.39 is 12.0 Å². The van der Waals surface area contributed by atoms with Gasteiger partial charge in [0.05, 0.1) is 12.5 Å². The molecule has 2 N–H and O–H groups in total. The number of fused-ring (bicyclic) bond motifs is 1. The van der Waals surface area contributed by atoms with Crippen LogP contribution in [0.4, 0.5) is 5.69 Å². The molecule has 0 radical (unpaired) electrons. The van der Waals surface area contributed by atoms with Gasteiger partial charge in [0, 0.05) is 24.7 Å². The number of anilines is 1. The number of carboxylic acid groups (broad SMARTS) is 1. The summed E-state index contributed by atoms with van der Waals surface area (Å²) < 4.78 is 0. The Morgan fingerprint density at radius 1 is 1.38 bits per heavy atom. The van der Waals surface area contributed by atoms with Gasteiger partial charge in [0.1, 0.15) is 0 Å². The molecule has 1 amide bonds. The zero-order valence-corrected chi connectivity index (χ0v) is 12.0. The standard InChI is InChI=1S/C15H18N2O4/c1-9(18)17-6-5-10-7-11(3-4-13(10)17)15(21)12(16-2)8-14(19)20/h3-4,7,12,16H,5-6,8H2,1-2H3,(H,19,20). The lowest BCUT2D eigenvalue weighted by Crippen LogP contribution is -2.36. The molecule has 1 aliphatic heterocycles. The highest BCUT2D eigenvalue weighted by molar-refractivity contribution is 6.03. The predicted molar refractivity (Wildman–Crippen MR) is 77.6 cm³/mol. The molecule has 0 saturated heterocycles. The van der Waals surface area contributed by atoms with Gasteiger partial charge in [0.2, 0.25) is 5.91 Å². The number of ketones is 1. The third-order valence-electron chi connectivity index (χ3n) is 3.68. The number of aliphatic carboxylic acids is 1. The molecule has 1 unspecified atom stereocenters. The normalized spacial score (nSPS) is 14.7. The number of benzene rings is 1. The maximum Gasteiger partial charge on any atom is 0.305 e. The summed E-state index contributed by atoms with van der Waals surface area (Å²) in [5.74, 6) is -1.29. The van der Waals surface area contributed by atoms with E-state index in [1.165, 1.54) is 6.92 Å². The first kappa shape index (κ1) is 15.2. The van der Waals surface area contributed by atoms with Gasteiger partial charge < -0.3 is 15.3 Å². The summed E-state index contributed by atoms with van der Waals surface area (Å²) >= 11 is 0. The van der Waals surface area contributed by atoms with Gasteiger partial charge in [0.25, 0.3) is 0 Å². The van der Waals surface area contributed by atoms with Gasteiger partial charge in [-0.15, -0.1) is 0 Å². The third-order valence-corrected chi connectivity index (χ3v) is 3.68. The number of carboxylic acids is 1. The Bertz CT molecular complexity index is 597. The molecule has 0 aliphatic carbocycles. The number of carbonyl (C=O) groups is 3. The summed E-state index contributed by atoms with van der Waals surface area (Å²) in [4.78, 5) is 36.3. The van der Waals surface area contributed by atoms with Crippen LogP contribution in [0.15, 0.2) is 18.2 Å². The monoisotopic (exact) mass is 290 g/mol. The second-order valence-electron chi connectivity index (χ2n) is 5.07. The SMILES string of the molecule is CNC(CC(=O)O)C(=O)c1ccc2c(c1)CCN2C(C)=O. The fourth-order valence-electron chi connectivity index (χ4n) is 2.58. The van der Waals surface area contributed by atoms with Crippen LogP contribution in [-0.2, 0) is 16.0 Å². The Morgan fingerprint density at radius 3 is 2.67 bits per heavy atom. The Kier molecular flexibility index (Phi) is 4.37. The van der Waals surface area contributed by atoms with Crippen LogP contribution in [0, 0.1) is 0 Å². The minimum Gasteiger partial charge on any atom is -0.481 e. The number of amides is 1. The number of nitrogens with one attached hydrogen (secondary N) is 1. The predicted octanol–water partition coefficient (Wildman–Crippen LogP) is 0.841. The first-order chi connectivity index (χ1) is 9.93. The minimum absolute atomic E-state index is 0.0215. The molecule has 1 heterocycles. The molecule has 0 fully saturated rings. The fraction of sp³-hybridized carbons (Fsp3) is 0.400. The van der Waals surface area contributed by atoms with Crippen LogP contribution < -0.4 is 10.2 Å². The molecule has 1 aliphatic rings. The minimum atomic E-state index is -1.02. The molecule has 2 rings (SSSR count). The molecule has 0 saturated carbocycles. The Balaban J connectivity index is 2.25. The van der Waals surface area contributed by atoms with Crippen LogP contribution in [0.25, 0.3) is 0 Å². The summed E-state index contributed by atoms with van der Waals surface area (Å²) in [6.45, 7) is 2.13. The largest absolute Gasteiger partial charge is 0.481 e. The highest BCUT2D eigenvalue weighted by atomic mass is 16.4. The quantitative estimate of drug-likeness (QED) is 0.785. The molecule has 1 aromatic rings. The van der Waals surface area contributed by atoms with Crippen molar-refractivity contribution in [1.29, 1.82) is 0 Å². The van der Waals surface area contributed by atoms with Crippen molar-refractivity contribution in [2.75, 3.05) is 18.5 Å². The fourth-order valence-corrected chi connectivity index (χ4v) is 2.58. The number of Topliss-reactive ketones (excluding diaryl/α,β-unsaturated/α-hetero) is 1. The zero-order valence-electron chi connectivity index (χ0n) is 12.0. The molecule has 0 bridgehead atoms. The lowest BCUT2D eigenvalue weighted by molar-refractivity contribution is -0.137. The summed E-state index contributed by atoms with van der Waals surface area (Å²) in [5.41, 5.74) is 2.25. The lowest BCUT2D eigenvalue weighted by atomic mass is 9.99. The van der Waals surface area contributed by atoms with Gasteiger partial charge >= 0.3 is 5.97 Å². The number of rotatable bonds is 5. The van der Waals surface area contributed by atoms with Gasteiger partial charge in [-0.2, -0.15) is 0 Å². The van der Waals surface area contributed by atoms with Crippen molar-refractivity contribution in [1.82, 2.24) is 5.32 Å². The Labute approximate surface area is 122 Å². The first-order valence-electron chi connectivity index (χ1n) is 6.78. The number of nitrogens with zero attached hydrogens (tertiary/aromatic N) is 1. The van der Waals surface area contributed by atoms with Gasteiger partial charge in [-0.25, -0.2) is 0 Å². The van der Waals surface area contributed by atoms with Gasteiger partial charge in [0.15, 0.2) is 5.78 Å². The van der Waals surface area contributed by atoms with E-state index in [4.69, 9.17) is 5.11 Å². The van der Waals surface area contributed by atoms with E-state index in [0.717, 1.165) is 11.3 Å². The van der Waals surface area contributed by atoms with E-state index in [0.29, 0.717) is 18.5 Å². The van der Waals surface area contributed by atoms with Crippen LogP contribution in [0.3, 0.4) is 0 Å². The molecule has 1 aromatic carbocycles. The molecule has 21 heavy (non-hydrogen) atoms. The average molecular weight is 290 g/mol. The van der Waals surface area contributed by atoms with Gasteiger partial charge in [-0.3, -0.25) is 14.4 Å². The summed E-state index contributed by atoms with van der Waals surface area (Å²) in [5, 5.41) is 11.6. The summed E-state index contributed by atoms with van der Waals surface area (Å²) in [6.07, 6.45) is 0.450. The highest BCUT2D eigenvalue weighted by Crippen LogP contribution is 2.29. The van der Waals surface area contributed by atoms with Crippen LogP contribution in [-0.4, -0.2) is 42.4 Å². The van der Waals surface area contributed by atoms with Crippen molar-refractivity contribution in [3.63, 3.8) is 0 Å². The van der Waals surface area contributed by atoms with E-state index in [9.17, 15) is 14.4 Å². The number of hydrogen-bond acceptors (Lipinski definition) is 4. The number of carbonyl (C=O) groups excluding carboxylic acids is 2. The van der Waals surface area contributed by atoms with Crippen LogP contribution >= 0.6 is 0 Å². The molecule has 0 aromatic heterocycles. The molecule has 112 valence electrons. The second-order valence-corrected chi connectivity index (χ2v) is 5.07. The molecular formula is C15H18N2O4. The van der Waals surface area contributed by atoms with Gasteiger partial charge in [-0.1, -0.05) is 0 Å². The van der Waals surface area contributed by atoms with E-state index in [1.54, 1.807) is 30.1 Å². The van der Waals surface area contributed by atoms with Crippen LogP contribution in [0.1, 0.15) is 29.3 Å². The van der Waals surface area contributed by atoms with E-state index >= 15 is 0 Å². The molecular weight excluding hydrogens is 272 g/mol. The van der Waals surface area contributed by atoms with E-state index in [-0.39, 0.29) is 18.1 Å². The molecule has 6 heteroatoms. The molecule has 6 nitrogen and oxygen atoms in total. The molecule has 1 atom stereocenters. The van der Waals surface area contributed by atoms with Crippen LogP contribution in [0.5, 0.6) is 0 Å². The maximum absolute atomic E-state index is 12.3. The summed E-state index contributed by atoms with van der Waals surface area (Å²) in [6, 6.07) is 4.41. The van der Waals surface area contributed by atoms with Crippen molar-refractivity contribution in [3.05, 3.63) is 29.3 Å². The Morgan fingerprint density at radius 2 is 2.10 bits per heavy atom. The van der Waals surface area contributed by atoms with Crippen LogP contribution in [0.2, 0.25) is 0 Å². The number of hydrogen-bond donors (Lipinski definition) is 2. The van der Waals surface area contributed by atoms with Crippen molar-refractivity contribution in [2.45, 2.75) is 25.8 Å². The molecule has 0 spiro atoms. The third kappa shape index (κ3) is 3.11. The highest BCUT2D eigenvalue weighted by Gasteiger charge is 2.26. The maximum atomic E-state index is 12.3. The lowest BCUT2D eigenvalue weighted by Gasteiger charge is -2.16. The zero-order chi connectivity index (χ0) is 15.6. The van der Waals surface area contributed by atoms with Crippen molar-refractivity contribution in [2.24, 2.45) is 0 Å². The second kappa shape index (κ2) is 6.05.